The second kappa shape index (κ2) is 9.77. The summed E-state index contributed by atoms with van der Waals surface area (Å²) in [5, 5.41) is 10.6. The van der Waals surface area contributed by atoms with Gasteiger partial charge in [-0.3, -0.25) is 9.59 Å². The summed E-state index contributed by atoms with van der Waals surface area (Å²) in [5.74, 6) is 0.996. The number of hydrogen-bond donors (Lipinski definition) is 1. The first-order valence-electron chi connectivity index (χ1n) is 11.7. The molecule has 2 aliphatic rings. The Morgan fingerprint density at radius 3 is 2.39 bits per heavy atom. The van der Waals surface area contributed by atoms with E-state index in [-0.39, 0.29) is 29.3 Å². The van der Waals surface area contributed by atoms with Crippen molar-refractivity contribution < 1.29 is 14.3 Å². The first-order valence-corrected chi connectivity index (χ1v) is 11.7. The van der Waals surface area contributed by atoms with Gasteiger partial charge in [0.25, 0.3) is 0 Å². The Labute approximate surface area is 195 Å². The second-order valence-corrected chi connectivity index (χ2v) is 9.56. The summed E-state index contributed by atoms with van der Waals surface area (Å²) in [6.45, 7) is 8.89. The number of carbonyl (C=O) groups excluding carboxylic acids is 2. The van der Waals surface area contributed by atoms with Crippen LogP contribution >= 0.6 is 0 Å². The normalized spacial score (nSPS) is 17.4. The number of likely N-dealkylation sites (tertiary alicyclic amines) is 1. The van der Waals surface area contributed by atoms with E-state index in [0.717, 1.165) is 49.5 Å². The lowest BCUT2D eigenvalue weighted by molar-refractivity contribution is -0.142. The SMILES string of the molecule is CCC(C)(C)C(=O)N1CCC(Oc2ccc(NC(=O)C3CN(c4ccnnc4)C3)cc2)CC1. The highest BCUT2D eigenvalue weighted by Gasteiger charge is 2.34. The zero-order chi connectivity index (χ0) is 23.4. The Hall–Kier alpha value is -3.16. The Bertz CT molecular complexity index is 950. The van der Waals surface area contributed by atoms with Gasteiger partial charge in [-0.2, -0.15) is 10.2 Å². The number of amides is 2. The second-order valence-electron chi connectivity index (χ2n) is 9.56. The van der Waals surface area contributed by atoms with Crippen molar-refractivity contribution in [3.63, 3.8) is 0 Å². The van der Waals surface area contributed by atoms with Crippen molar-refractivity contribution in [3.8, 4) is 5.75 Å². The highest BCUT2D eigenvalue weighted by Crippen LogP contribution is 2.28. The van der Waals surface area contributed by atoms with Crippen LogP contribution in [0.3, 0.4) is 0 Å². The van der Waals surface area contributed by atoms with Gasteiger partial charge in [0.1, 0.15) is 11.9 Å². The zero-order valence-corrected chi connectivity index (χ0v) is 19.7. The van der Waals surface area contributed by atoms with E-state index in [1.165, 1.54) is 0 Å². The van der Waals surface area contributed by atoms with Crippen LogP contribution in [0.5, 0.6) is 5.75 Å². The lowest BCUT2D eigenvalue weighted by atomic mass is 9.87. The maximum atomic E-state index is 12.6. The number of nitrogens with one attached hydrogen (secondary N) is 1. The first-order chi connectivity index (χ1) is 15.9. The molecule has 2 amide bonds. The van der Waals surface area contributed by atoms with Gasteiger partial charge < -0.3 is 19.9 Å². The molecule has 0 radical (unpaired) electrons. The van der Waals surface area contributed by atoms with E-state index in [9.17, 15) is 9.59 Å². The summed E-state index contributed by atoms with van der Waals surface area (Å²) in [6, 6.07) is 9.43. The topological polar surface area (TPSA) is 87.7 Å². The van der Waals surface area contributed by atoms with Crippen molar-refractivity contribution in [2.45, 2.75) is 46.1 Å². The molecule has 2 fully saturated rings. The molecule has 0 unspecified atom stereocenters. The van der Waals surface area contributed by atoms with Crippen molar-refractivity contribution in [1.29, 1.82) is 0 Å². The highest BCUT2D eigenvalue weighted by atomic mass is 16.5. The Morgan fingerprint density at radius 1 is 1.09 bits per heavy atom. The summed E-state index contributed by atoms with van der Waals surface area (Å²) in [4.78, 5) is 29.2. The predicted molar refractivity (Wildman–Crippen MR) is 127 cm³/mol. The fraction of sp³-hybridized carbons (Fsp3) is 0.520. The van der Waals surface area contributed by atoms with Gasteiger partial charge in [-0.15, -0.1) is 0 Å². The molecular weight excluding hydrogens is 418 g/mol. The van der Waals surface area contributed by atoms with Gasteiger partial charge in [-0.25, -0.2) is 0 Å². The number of hydrogen-bond acceptors (Lipinski definition) is 6. The smallest absolute Gasteiger partial charge is 0.231 e. The molecule has 0 atom stereocenters. The van der Waals surface area contributed by atoms with Crippen LogP contribution in [0.4, 0.5) is 11.4 Å². The fourth-order valence-corrected chi connectivity index (χ4v) is 4.14. The van der Waals surface area contributed by atoms with E-state index in [1.807, 2.05) is 49.1 Å². The summed E-state index contributed by atoms with van der Waals surface area (Å²) < 4.78 is 6.13. The number of carbonyl (C=O) groups is 2. The number of piperidine rings is 1. The van der Waals surface area contributed by atoms with Crippen LogP contribution in [-0.2, 0) is 9.59 Å². The molecule has 1 aromatic heterocycles. The van der Waals surface area contributed by atoms with Crippen molar-refractivity contribution in [2.75, 3.05) is 36.4 Å². The third kappa shape index (κ3) is 5.43. The number of rotatable bonds is 7. The Kier molecular flexibility index (Phi) is 6.81. The van der Waals surface area contributed by atoms with Gasteiger partial charge in [0.05, 0.1) is 24.0 Å². The quantitative estimate of drug-likeness (QED) is 0.695. The molecule has 1 aromatic carbocycles. The maximum absolute atomic E-state index is 12.6. The van der Waals surface area contributed by atoms with E-state index < -0.39 is 0 Å². The zero-order valence-electron chi connectivity index (χ0n) is 19.7. The lowest BCUT2D eigenvalue weighted by Crippen LogP contribution is -2.52. The number of aromatic nitrogens is 2. The minimum atomic E-state index is -0.304. The molecule has 4 rings (SSSR count). The van der Waals surface area contributed by atoms with Gasteiger partial charge >= 0.3 is 0 Å². The minimum Gasteiger partial charge on any atom is -0.490 e. The molecule has 1 N–H and O–H groups in total. The average molecular weight is 452 g/mol. The van der Waals surface area contributed by atoms with Gasteiger partial charge in [0.2, 0.25) is 11.8 Å². The van der Waals surface area contributed by atoms with Crippen molar-refractivity contribution in [1.82, 2.24) is 15.1 Å². The molecular formula is C25H33N5O3. The molecule has 176 valence electrons. The molecule has 2 saturated heterocycles. The number of benzene rings is 1. The van der Waals surface area contributed by atoms with Crippen LogP contribution < -0.4 is 15.0 Å². The molecule has 8 nitrogen and oxygen atoms in total. The minimum absolute atomic E-state index is 0.0222. The van der Waals surface area contributed by atoms with Crippen molar-refractivity contribution in [2.24, 2.45) is 11.3 Å². The summed E-state index contributed by atoms with van der Waals surface area (Å²) in [6.07, 6.45) is 5.96. The molecule has 3 heterocycles. The largest absolute Gasteiger partial charge is 0.490 e. The third-order valence-electron chi connectivity index (χ3n) is 6.80. The highest BCUT2D eigenvalue weighted by molar-refractivity contribution is 5.94. The van der Waals surface area contributed by atoms with E-state index >= 15 is 0 Å². The van der Waals surface area contributed by atoms with Gasteiger partial charge in [-0.05, 0) is 36.8 Å². The van der Waals surface area contributed by atoms with Crippen LogP contribution in [0.1, 0.15) is 40.0 Å². The lowest BCUT2D eigenvalue weighted by Gasteiger charge is -2.39. The molecule has 0 spiro atoms. The summed E-state index contributed by atoms with van der Waals surface area (Å²) in [7, 11) is 0. The maximum Gasteiger partial charge on any atom is 0.231 e. The third-order valence-corrected chi connectivity index (χ3v) is 6.80. The Morgan fingerprint density at radius 2 is 1.79 bits per heavy atom. The monoisotopic (exact) mass is 451 g/mol. The average Bonchev–Trinajstić information content (AvgIpc) is 2.80. The standard InChI is InChI=1S/C25H33N5O3/c1-4-25(2,3)24(32)29-13-10-22(11-14-29)33-21-7-5-19(6-8-21)28-23(31)18-16-30(17-18)20-9-12-26-27-15-20/h5-9,12,15,18,22H,4,10-11,13-14,16-17H2,1-3H3,(H,28,31). The summed E-state index contributed by atoms with van der Waals surface area (Å²) >= 11 is 0. The van der Waals surface area contributed by atoms with Gasteiger partial charge in [0.15, 0.2) is 0 Å². The van der Waals surface area contributed by atoms with Crippen LogP contribution in [0.2, 0.25) is 0 Å². The predicted octanol–water partition coefficient (Wildman–Crippen LogP) is 3.36. The van der Waals surface area contributed by atoms with Gasteiger partial charge in [-0.1, -0.05) is 20.8 Å². The van der Waals surface area contributed by atoms with Crippen LogP contribution in [0.15, 0.2) is 42.7 Å². The van der Waals surface area contributed by atoms with E-state index in [4.69, 9.17) is 4.74 Å². The number of nitrogens with zero attached hydrogens (tertiary/aromatic N) is 4. The van der Waals surface area contributed by atoms with Crippen LogP contribution in [0.25, 0.3) is 0 Å². The first kappa shape index (κ1) is 23.0. The van der Waals surface area contributed by atoms with Crippen molar-refractivity contribution in [3.05, 3.63) is 42.7 Å². The van der Waals surface area contributed by atoms with E-state index in [0.29, 0.717) is 13.1 Å². The molecule has 2 aromatic rings. The van der Waals surface area contributed by atoms with E-state index in [2.05, 4.69) is 27.3 Å². The van der Waals surface area contributed by atoms with Gasteiger partial charge in [0, 0.05) is 50.1 Å². The van der Waals surface area contributed by atoms with Crippen molar-refractivity contribution >= 4 is 23.2 Å². The molecule has 8 heteroatoms. The number of ether oxygens (including phenoxy) is 1. The number of anilines is 2. The summed E-state index contributed by atoms with van der Waals surface area (Å²) in [5.41, 5.74) is 1.44. The molecule has 33 heavy (non-hydrogen) atoms. The molecule has 0 aliphatic carbocycles. The molecule has 0 bridgehead atoms. The molecule has 0 saturated carbocycles. The Balaban J connectivity index is 1.21. The van der Waals surface area contributed by atoms with E-state index in [1.54, 1.807) is 12.4 Å². The fourth-order valence-electron chi connectivity index (χ4n) is 4.14. The van der Waals surface area contributed by atoms with Crippen LogP contribution in [0, 0.1) is 11.3 Å². The van der Waals surface area contributed by atoms with Crippen LogP contribution in [-0.4, -0.2) is 59.2 Å². The molecule has 2 aliphatic heterocycles.